The first-order chi connectivity index (χ1) is 6.70. The van der Waals surface area contributed by atoms with Crippen LogP contribution in [0.2, 0.25) is 0 Å². The average Bonchev–Trinajstić information content (AvgIpc) is 2.50. The van der Waals surface area contributed by atoms with Crippen LogP contribution in [0.5, 0.6) is 0 Å². The number of hydrogen-bond donors (Lipinski definition) is 1. The van der Waals surface area contributed by atoms with Crippen molar-refractivity contribution in [1.82, 2.24) is 0 Å². The summed E-state index contributed by atoms with van der Waals surface area (Å²) in [5.74, 6) is 0.0946. The van der Waals surface area contributed by atoms with E-state index in [0.29, 0.717) is 13.0 Å². The van der Waals surface area contributed by atoms with Crippen molar-refractivity contribution in [1.29, 1.82) is 0 Å². The summed E-state index contributed by atoms with van der Waals surface area (Å²) in [6, 6.07) is 0. The minimum atomic E-state index is -0.705. The highest BCUT2D eigenvalue weighted by atomic mass is 16.5. The third kappa shape index (κ3) is 2.71. The van der Waals surface area contributed by atoms with Gasteiger partial charge in [0, 0.05) is 0 Å². The fraction of sp³-hybridized carbons (Fsp3) is 0.917. The Labute approximate surface area is 91.8 Å². The molecule has 1 N–H and O–H groups in total. The maximum Gasteiger partial charge on any atom is 0.309 e. The molecule has 1 saturated carbocycles. The highest BCUT2D eigenvalue weighted by Crippen LogP contribution is 2.61. The van der Waals surface area contributed by atoms with Gasteiger partial charge in [0.25, 0.3) is 0 Å². The zero-order valence-electron chi connectivity index (χ0n) is 10.3. The molecule has 3 nitrogen and oxygen atoms in total. The molecule has 1 fully saturated rings. The van der Waals surface area contributed by atoms with Gasteiger partial charge in [-0.1, -0.05) is 13.8 Å². The molecule has 1 aliphatic carbocycles. The molecule has 0 aromatic rings. The first-order valence-corrected chi connectivity index (χ1v) is 5.59. The van der Waals surface area contributed by atoms with E-state index in [1.54, 1.807) is 13.8 Å². The van der Waals surface area contributed by atoms with Crippen LogP contribution in [0.1, 0.15) is 41.0 Å². The van der Waals surface area contributed by atoms with Gasteiger partial charge in [-0.05, 0) is 38.5 Å². The molecule has 0 radical (unpaired) electrons. The fourth-order valence-electron chi connectivity index (χ4n) is 2.36. The highest BCUT2D eigenvalue weighted by molar-refractivity contribution is 5.77. The van der Waals surface area contributed by atoms with Crippen LogP contribution in [0.3, 0.4) is 0 Å². The maximum atomic E-state index is 11.6. The van der Waals surface area contributed by atoms with Crippen LogP contribution in [0.4, 0.5) is 0 Å². The number of hydrogen-bond acceptors (Lipinski definition) is 3. The molecule has 1 rings (SSSR count). The lowest BCUT2D eigenvalue weighted by molar-refractivity contribution is -0.145. The Balaban J connectivity index is 2.59. The largest absolute Gasteiger partial charge is 0.466 e. The third-order valence-electron chi connectivity index (χ3n) is 3.31. The minimum Gasteiger partial charge on any atom is -0.466 e. The van der Waals surface area contributed by atoms with E-state index in [9.17, 15) is 9.90 Å². The molecule has 2 unspecified atom stereocenters. The summed E-state index contributed by atoms with van der Waals surface area (Å²) < 4.78 is 5.03. The SMILES string of the molecule is CCOC(=O)C1C(CC(C)(C)O)C1(C)C. The average molecular weight is 214 g/mol. The summed E-state index contributed by atoms with van der Waals surface area (Å²) in [4.78, 5) is 11.6. The molecule has 15 heavy (non-hydrogen) atoms. The number of carbonyl (C=O) groups is 1. The van der Waals surface area contributed by atoms with Gasteiger partial charge in [-0.2, -0.15) is 0 Å². The lowest BCUT2D eigenvalue weighted by Gasteiger charge is -2.17. The maximum absolute atomic E-state index is 11.6. The Kier molecular flexibility index (Phi) is 3.15. The van der Waals surface area contributed by atoms with Gasteiger partial charge < -0.3 is 9.84 Å². The molecule has 0 aliphatic heterocycles. The van der Waals surface area contributed by atoms with Crippen molar-refractivity contribution >= 4 is 5.97 Å². The number of esters is 1. The zero-order chi connectivity index (χ0) is 11.9. The highest BCUT2D eigenvalue weighted by Gasteiger charge is 2.63. The molecular weight excluding hydrogens is 192 g/mol. The van der Waals surface area contributed by atoms with Crippen LogP contribution in [-0.2, 0) is 9.53 Å². The smallest absolute Gasteiger partial charge is 0.309 e. The number of rotatable bonds is 4. The minimum absolute atomic E-state index is 0.0216. The standard InChI is InChI=1S/C12H22O3/c1-6-15-10(13)9-8(12(9,4)5)7-11(2,3)14/h8-9,14H,6-7H2,1-5H3. The fourth-order valence-corrected chi connectivity index (χ4v) is 2.36. The first-order valence-electron chi connectivity index (χ1n) is 5.59. The molecule has 0 heterocycles. The van der Waals surface area contributed by atoms with Crippen molar-refractivity contribution in [3.63, 3.8) is 0 Å². The first kappa shape index (κ1) is 12.5. The molecule has 1 aliphatic rings. The Hall–Kier alpha value is -0.570. The Morgan fingerprint density at radius 1 is 1.47 bits per heavy atom. The second-order valence-electron chi connectivity index (χ2n) is 5.67. The summed E-state index contributed by atoms with van der Waals surface area (Å²) in [5.41, 5.74) is -0.727. The summed E-state index contributed by atoms with van der Waals surface area (Å²) in [6.07, 6.45) is 0.656. The van der Waals surface area contributed by atoms with Crippen LogP contribution < -0.4 is 0 Å². The number of carbonyl (C=O) groups excluding carboxylic acids is 1. The Morgan fingerprint density at radius 2 is 2.00 bits per heavy atom. The second-order valence-corrected chi connectivity index (χ2v) is 5.67. The Bertz CT molecular complexity index is 250. The van der Waals surface area contributed by atoms with Gasteiger partial charge in [-0.15, -0.1) is 0 Å². The molecule has 88 valence electrons. The van der Waals surface area contributed by atoms with Crippen molar-refractivity contribution in [2.75, 3.05) is 6.61 Å². The van der Waals surface area contributed by atoms with E-state index < -0.39 is 5.60 Å². The van der Waals surface area contributed by atoms with Gasteiger partial charge in [-0.25, -0.2) is 0 Å². The van der Waals surface area contributed by atoms with E-state index in [-0.39, 0.29) is 23.2 Å². The van der Waals surface area contributed by atoms with Gasteiger partial charge >= 0.3 is 5.97 Å². The van der Waals surface area contributed by atoms with E-state index in [1.807, 2.05) is 6.92 Å². The topological polar surface area (TPSA) is 46.5 Å². The third-order valence-corrected chi connectivity index (χ3v) is 3.31. The molecule has 0 saturated heterocycles. The van der Waals surface area contributed by atoms with Crippen LogP contribution >= 0.6 is 0 Å². The van der Waals surface area contributed by atoms with E-state index in [1.165, 1.54) is 0 Å². The van der Waals surface area contributed by atoms with Crippen molar-refractivity contribution in [3.05, 3.63) is 0 Å². The molecule has 2 atom stereocenters. The van der Waals surface area contributed by atoms with Gasteiger partial charge in [0.1, 0.15) is 0 Å². The van der Waals surface area contributed by atoms with Gasteiger partial charge in [0.2, 0.25) is 0 Å². The molecule has 3 heteroatoms. The summed E-state index contributed by atoms with van der Waals surface area (Å²) >= 11 is 0. The molecule has 0 aromatic heterocycles. The van der Waals surface area contributed by atoms with Gasteiger partial charge in [0.15, 0.2) is 0 Å². The van der Waals surface area contributed by atoms with Crippen molar-refractivity contribution in [2.24, 2.45) is 17.3 Å². The zero-order valence-corrected chi connectivity index (χ0v) is 10.3. The molecular formula is C12H22O3. The molecule has 0 spiro atoms. The lowest BCUT2D eigenvalue weighted by Crippen LogP contribution is -2.20. The Morgan fingerprint density at radius 3 is 2.40 bits per heavy atom. The van der Waals surface area contributed by atoms with E-state index in [0.717, 1.165) is 0 Å². The van der Waals surface area contributed by atoms with Crippen molar-refractivity contribution in [2.45, 2.75) is 46.6 Å². The van der Waals surface area contributed by atoms with Gasteiger partial charge in [0.05, 0.1) is 18.1 Å². The normalized spacial score (nSPS) is 28.7. The predicted molar refractivity (Wildman–Crippen MR) is 58.3 cm³/mol. The summed E-state index contributed by atoms with van der Waals surface area (Å²) in [7, 11) is 0. The summed E-state index contributed by atoms with van der Waals surface area (Å²) in [6.45, 7) is 9.93. The van der Waals surface area contributed by atoms with Crippen LogP contribution in [0, 0.1) is 17.3 Å². The molecule has 0 aromatic carbocycles. The number of aliphatic hydroxyl groups is 1. The monoisotopic (exact) mass is 214 g/mol. The van der Waals surface area contributed by atoms with E-state index in [4.69, 9.17) is 4.74 Å². The predicted octanol–water partition coefficient (Wildman–Crippen LogP) is 1.98. The van der Waals surface area contributed by atoms with Gasteiger partial charge in [-0.3, -0.25) is 4.79 Å². The molecule has 0 bridgehead atoms. The quantitative estimate of drug-likeness (QED) is 0.728. The van der Waals surface area contributed by atoms with E-state index in [2.05, 4.69) is 13.8 Å². The van der Waals surface area contributed by atoms with Crippen molar-refractivity contribution in [3.8, 4) is 0 Å². The van der Waals surface area contributed by atoms with Crippen molar-refractivity contribution < 1.29 is 14.6 Å². The molecule has 0 amide bonds. The second kappa shape index (κ2) is 3.78. The van der Waals surface area contributed by atoms with Crippen LogP contribution in [-0.4, -0.2) is 23.3 Å². The number of ether oxygens (including phenoxy) is 1. The van der Waals surface area contributed by atoms with Crippen LogP contribution in [0.15, 0.2) is 0 Å². The van der Waals surface area contributed by atoms with E-state index >= 15 is 0 Å². The lowest BCUT2D eigenvalue weighted by atomic mass is 9.97. The van der Waals surface area contributed by atoms with Crippen LogP contribution in [0.25, 0.3) is 0 Å². The summed E-state index contributed by atoms with van der Waals surface area (Å²) in [5, 5.41) is 9.74.